The van der Waals surface area contributed by atoms with Crippen LogP contribution in [0, 0.1) is 17.8 Å². The van der Waals surface area contributed by atoms with Crippen molar-refractivity contribution in [3.8, 4) is 0 Å². The minimum Gasteiger partial charge on any atom is -0.353 e. The van der Waals surface area contributed by atoms with E-state index in [1.807, 2.05) is 0 Å². The molecule has 1 fully saturated rings. The van der Waals surface area contributed by atoms with Crippen LogP contribution in [-0.2, 0) is 4.79 Å². The fourth-order valence-corrected chi connectivity index (χ4v) is 2.28. The Hall–Kier alpha value is -0.570. The first-order valence-corrected chi connectivity index (χ1v) is 6.55. The lowest BCUT2D eigenvalue weighted by molar-refractivity contribution is -0.126. The van der Waals surface area contributed by atoms with Crippen LogP contribution < -0.4 is 11.1 Å². The molecule has 3 nitrogen and oxygen atoms in total. The Kier molecular flexibility index (Phi) is 5.26. The average Bonchev–Trinajstić information content (AvgIpc) is 2.10. The van der Waals surface area contributed by atoms with E-state index in [1.165, 1.54) is 19.3 Å². The van der Waals surface area contributed by atoms with Crippen molar-refractivity contribution in [3.05, 3.63) is 0 Å². The molecule has 0 bridgehead atoms. The second kappa shape index (κ2) is 6.24. The molecule has 16 heavy (non-hydrogen) atoms. The molecule has 1 saturated carbocycles. The number of carbonyl (C=O) groups excluding carboxylic acids is 1. The van der Waals surface area contributed by atoms with Crippen molar-refractivity contribution in [1.29, 1.82) is 0 Å². The molecule has 0 aliphatic heterocycles. The van der Waals surface area contributed by atoms with E-state index in [2.05, 4.69) is 26.1 Å². The first-order valence-electron chi connectivity index (χ1n) is 6.55. The summed E-state index contributed by atoms with van der Waals surface area (Å²) in [6, 6.07) is 0.322. The molecule has 0 heterocycles. The summed E-state index contributed by atoms with van der Waals surface area (Å²) < 4.78 is 0. The molecule has 0 aromatic rings. The minimum atomic E-state index is -0.0115. The van der Waals surface area contributed by atoms with Crippen LogP contribution in [0.15, 0.2) is 0 Å². The highest BCUT2D eigenvalue weighted by Gasteiger charge is 2.27. The molecule has 2 unspecified atom stereocenters. The lowest BCUT2D eigenvalue weighted by Gasteiger charge is -2.33. The van der Waals surface area contributed by atoms with E-state index in [1.54, 1.807) is 0 Å². The Balaban J connectivity index is 2.35. The van der Waals surface area contributed by atoms with Gasteiger partial charge in [0.1, 0.15) is 0 Å². The molecule has 0 aromatic carbocycles. The third-order valence-electron chi connectivity index (χ3n) is 3.64. The number of hydrogen-bond donors (Lipinski definition) is 2. The van der Waals surface area contributed by atoms with Gasteiger partial charge in [-0.25, -0.2) is 0 Å². The summed E-state index contributed by atoms with van der Waals surface area (Å²) in [5.74, 6) is 1.36. The Labute approximate surface area is 99.2 Å². The van der Waals surface area contributed by atoms with Gasteiger partial charge in [-0.2, -0.15) is 0 Å². The molecule has 3 heteroatoms. The predicted molar refractivity (Wildman–Crippen MR) is 66.9 cm³/mol. The van der Waals surface area contributed by atoms with Gasteiger partial charge in [0, 0.05) is 12.6 Å². The van der Waals surface area contributed by atoms with E-state index in [-0.39, 0.29) is 11.8 Å². The van der Waals surface area contributed by atoms with Crippen molar-refractivity contribution in [3.63, 3.8) is 0 Å². The SMILES string of the molecule is CC(C)CC(CN)C(=O)NC(C)C1CCC1. The molecule has 2 atom stereocenters. The molecule has 0 aromatic heterocycles. The highest BCUT2D eigenvalue weighted by atomic mass is 16.1. The number of rotatable bonds is 6. The van der Waals surface area contributed by atoms with Gasteiger partial charge in [0.2, 0.25) is 5.91 Å². The minimum absolute atomic E-state index is 0.0115. The standard InChI is InChI=1S/C13H26N2O/c1-9(2)7-12(8-14)13(16)15-10(3)11-5-4-6-11/h9-12H,4-8,14H2,1-3H3,(H,15,16). The zero-order valence-electron chi connectivity index (χ0n) is 10.8. The van der Waals surface area contributed by atoms with Crippen molar-refractivity contribution >= 4 is 5.91 Å². The van der Waals surface area contributed by atoms with Crippen LogP contribution >= 0.6 is 0 Å². The van der Waals surface area contributed by atoms with E-state index >= 15 is 0 Å². The monoisotopic (exact) mass is 226 g/mol. The summed E-state index contributed by atoms with van der Waals surface area (Å²) in [7, 11) is 0. The number of nitrogens with two attached hydrogens (primary N) is 1. The molecule has 0 radical (unpaired) electrons. The van der Waals surface area contributed by atoms with Gasteiger partial charge in [0.15, 0.2) is 0 Å². The van der Waals surface area contributed by atoms with Crippen LogP contribution in [0.4, 0.5) is 0 Å². The molecule has 3 N–H and O–H groups in total. The van der Waals surface area contributed by atoms with Crippen LogP contribution in [0.25, 0.3) is 0 Å². The average molecular weight is 226 g/mol. The summed E-state index contributed by atoms with van der Waals surface area (Å²) in [4.78, 5) is 12.0. The van der Waals surface area contributed by atoms with Crippen LogP contribution in [0.5, 0.6) is 0 Å². The summed E-state index contributed by atoms with van der Waals surface area (Å²) in [5.41, 5.74) is 5.66. The highest BCUT2D eigenvalue weighted by Crippen LogP contribution is 2.29. The molecular formula is C13H26N2O. The number of amides is 1. The normalized spacial score (nSPS) is 20.3. The van der Waals surface area contributed by atoms with Crippen LogP contribution in [-0.4, -0.2) is 18.5 Å². The molecule has 0 spiro atoms. The summed E-state index contributed by atoms with van der Waals surface area (Å²) in [6.07, 6.45) is 4.73. The maximum absolute atomic E-state index is 12.0. The Bertz CT molecular complexity index is 224. The summed E-state index contributed by atoms with van der Waals surface area (Å²) in [6.45, 7) is 6.84. The quantitative estimate of drug-likeness (QED) is 0.727. The van der Waals surface area contributed by atoms with Gasteiger partial charge in [0.25, 0.3) is 0 Å². The van der Waals surface area contributed by atoms with E-state index < -0.39 is 0 Å². The lowest BCUT2D eigenvalue weighted by Crippen LogP contribution is -2.45. The van der Waals surface area contributed by atoms with E-state index in [0.29, 0.717) is 24.4 Å². The highest BCUT2D eigenvalue weighted by molar-refractivity contribution is 5.79. The predicted octanol–water partition coefficient (Wildman–Crippen LogP) is 1.91. The third-order valence-corrected chi connectivity index (χ3v) is 3.64. The molecule has 1 rings (SSSR count). The molecule has 0 saturated heterocycles. The van der Waals surface area contributed by atoms with Crippen LogP contribution in [0.2, 0.25) is 0 Å². The first-order chi connectivity index (χ1) is 7.54. The first kappa shape index (κ1) is 13.5. The maximum atomic E-state index is 12.0. The van der Waals surface area contributed by atoms with E-state index in [9.17, 15) is 4.79 Å². The van der Waals surface area contributed by atoms with Crippen LogP contribution in [0.3, 0.4) is 0 Å². The number of hydrogen-bond acceptors (Lipinski definition) is 2. The second-order valence-corrected chi connectivity index (χ2v) is 5.55. The van der Waals surface area contributed by atoms with Gasteiger partial charge in [-0.15, -0.1) is 0 Å². The molecule has 1 amide bonds. The molecular weight excluding hydrogens is 200 g/mol. The van der Waals surface area contributed by atoms with Gasteiger partial charge in [0.05, 0.1) is 5.92 Å². The topological polar surface area (TPSA) is 55.1 Å². The fraction of sp³-hybridized carbons (Fsp3) is 0.923. The number of carbonyl (C=O) groups is 1. The van der Waals surface area contributed by atoms with Gasteiger partial charge in [-0.3, -0.25) is 4.79 Å². The zero-order chi connectivity index (χ0) is 12.1. The molecule has 94 valence electrons. The van der Waals surface area contributed by atoms with Crippen molar-refractivity contribution in [2.75, 3.05) is 6.54 Å². The zero-order valence-corrected chi connectivity index (χ0v) is 10.8. The Morgan fingerprint density at radius 1 is 1.38 bits per heavy atom. The van der Waals surface area contributed by atoms with E-state index in [0.717, 1.165) is 6.42 Å². The largest absolute Gasteiger partial charge is 0.353 e. The fourth-order valence-electron chi connectivity index (χ4n) is 2.28. The van der Waals surface area contributed by atoms with Crippen molar-refractivity contribution < 1.29 is 4.79 Å². The second-order valence-electron chi connectivity index (χ2n) is 5.55. The van der Waals surface area contributed by atoms with E-state index in [4.69, 9.17) is 5.73 Å². The summed E-state index contributed by atoms with van der Waals surface area (Å²) >= 11 is 0. The van der Waals surface area contributed by atoms with Gasteiger partial charge in [-0.1, -0.05) is 20.3 Å². The Morgan fingerprint density at radius 2 is 2.00 bits per heavy atom. The Morgan fingerprint density at radius 3 is 2.38 bits per heavy atom. The van der Waals surface area contributed by atoms with Crippen molar-refractivity contribution in [1.82, 2.24) is 5.32 Å². The molecule has 1 aliphatic rings. The lowest BCUT2D eigenvalue weighted by atomic mass is 9.80. The van der Waals surface area contributed by atoms with Gasteiger partial charge >= 0.3 is 0 Å². The van der Waals surface area contributed by atoms with Crippen molar-refractivity contribution in [2.24, 2.45) is 23.5 Å². The van der Waals surface area contributed by atoms with Crippen molar-refractivity contribution in [2.45, 2.75) is 52.5 Å². The number of nitrogens with one attached hydrogen (secondary N) is 1. The molecule has 1 aliphatic carbocycles. The van der Waals surface area contributed by atoms with Gasteiger partial charge < -0.3 is 11.1 Å². The summed E-state index contributed by atoms with van der Waals surface area (Å²) in [5, 5.41) is 3.12. The third kappa shape index (κ3) is 3.78. The van der Waals surface area contributed by atoms with Crippen LogP contribution in [0.1, 0.15) is 46.5 Å². The van der Waals surface area contributed by atoms with Gasteiger partial charge in [-0.05, 0) is 38.0 Å². The maximum Gasteiger partial charge on any atom is 0.224 e. The smallest absolute Gasteiger partial charge is 0.224 e.